The van der Waals surface area contributed by atoms with Gasteiger partial charge in [0.15, 0.2) is 5.65 Å². The molecule has 8 heteroatoms. The van der Waals surface area contributed by atoms with Crippen LogP contribution in [0.2, 0.25) is 0 Å². The highest BCUT2D eigenvalue weighted by Crippen LogP contribution is 2.23. The summed E-state index contributed by atoms with van der Waals surface area (Å²) in [4.78, 5) is 30.4. The summed E-state index contributed by atoms with van der Waals surface area (Å²) in [5.41, 5.74) is 4.06. The van der Waals surface area contributed by atoms with Crippen LogP contribution in [0.1, 0.15) is 5.56 Å². The molecule has 0 saturated carbocycles. The van der Waals surface area contributed by atoms with Gasteiger partial charge in [0, 0.05) is 70.0 Å². The molecule has 0 spiro atoms. The minimum atomic E-state index is 0.0281. The number of aromatic nitrogens is 4. The zero-order valence-electron chi connectivity index (χ0n) is 19.2. The van der Waals surface area contributed by atoms with Crippen molar-refractivity contribution in [3.8, 4) is 11.4 Å². The Balaban J connectivity index is 1.15. The number of imidazole rings is 1. The topological polar surface area (TPSA) is 79.2 Å². The normalized spacial score (nSPS) is 14.4. The second kappa shape index (κ2) is 10.4. The second-order valence-electron chi connectivity index (χ2n) is 8.47. The third kappa shape index (κ3) is 5.07. The average molecular weight is 456 g/mol. The number of urea groups is 1. The van der Waals surface area contributed by atoms with E-state index in [-0.39, 0.29) is 6.03 Å². The third-order valence-corrected chi connectivity index (χ3v) is 6.27. The Morgan fingerprint density at radius 2 is 1.68 bits per heavy atom. The number of hydrogen-bond acceptors (Lipinski definition) is 5. The predicted molar refractivity (Wildman–Crippen MR) is 132 cm³/mol. The van der Waals surface area contributed by atoms with E-state index in [0.29, 0.717) is 6.54 Å². The van der Waals surface area contributed by atoms with Crippen LogP contribution >= 0.6 is 0 Å². The van der Waals surface area contributed by atoms with Gasteiger partial charge < -0.3 is 14.8 Å². The molecule has 0 bridgehead atoms. The number of carbonyl (C=O) groups is 1. The fourth-order valence-electron chi connectivity index (χ4n) is 4.38. The van der Waals surface area contributed by atoms with Gasteiger partial charge in [0.25, 0.3) is 0 Å². The Kier molecular flexibility index (Phi) is 6.76. The number of nitrogens with one attached hydrogen (secondary N) is 1. The highest BCUT2D eigenvalue weighted by atomic mass is 16.2. The lowest BCUT2D eigenvalue weighted by Gasteiger charge is -2.34. The van der Waals surface area contributed by atoms with Crippen molar-refractivity contribution in [2.24, 2.45) is 0 Å². The lowest BCUT2D eigenvalue weighted by atomic mass is 10.1. The largest absolute Gasteiger partial charge is 0.338 e. The first-order valence-corrected chi connectivity index (χ1v) is 11.8. The van der Waals surface area contributed by atoms with Gasteiger partial charge in [0.2, 0.25) is 0 Å². The number of carbonyl (C=O) groups excluding carboxylic acids is 1. The minimum Gasteiger partial charge on any atom is -0.338 e. The van der Waals surface area contributed by atoms with Crippen LogP contribution in [-0.4, -0.2) is 74.6 Å². The summed E-state index contributed by atoms with van der Waals surface area (Å²) in [6.45, 7) is 5.50. The van der Waals surface area contributed by atoms with Crippen LogP contribution in [0.3, 0.4) is 0 Å². The molecule has 0 radical (unpaired) electrons. The van der Waals surface area contributed by atoms with Crippen molar-refractivity contribution in [1.82, 2.24) is 34.6 Å². The monoisotopic (exact) mass is 455 g/mol. The Morgan fingerprint density at radius 3 is 2.47 bits per heavy atom. The molecule has 174 valence electrons. The summed E-state index contributed by atoms with van der Waals surface area (Å²) in [5.74, 6) is 0.910. The van der Waals surface area contributed by atoms with Gasteiger partial charge in [0.1, 0.15) is 11.3 Å². The van der Waals surface area contributed by atoms with E-state index in [1.54, 1.807) is 12.4 Å². The summed E-state index contributed by atoms with van der Waals surface area (Å²) in [7, 11) is 0. The quantitative estimate of drug-likeness (QED) is 0.463. The fraction of sp³-hybridized carbons (Fsp3) is 0.308. The number of amides is 2. The molecule has 8 nitrogen and oxygen atoms in total. The predicted octanol–water partition coefficient (Wildman–Crippen LogP) is 3.06. The van der Waals surface area contributed by atoms with Gasteiger partial charge in [-0.1, -0.05) is 30.3 Å². The van der Waals surface area contributed by atoms with Crippen molar-refractivity contribution in [3.05, 3.63) is 78.8 Å². The molecule has 3 aromatic heterocycles. The summed E-state index contributed by atoms with van der Waals surface area (Å²) in [5, 5.41) is 3.06. The van der Waals surface area contributed by atoms with Gasteiger partial charge in [0.05, 0.1) is 0 Å². The molecule has 0 aliphatic carbocycles. The van der Waals surface area contributed by atoms with Crippen molar-refractivity contribution in [2.75, 3.05) is 39.3 Å². The zero-order chi connectivity index (χ0) is 23.2. The van der Waals surface area contributed by atoms with Gasteiger partial charge in [-0.15, -0.1) is 0 Å². The zero-order valence-corrected chi connectivity index (χ0v) is 19.2. The van der Waals surface area contributed by atoms with E-state index in [0.717, 1.165) is 68.2 Å². The van der Waals surface area contributed by atoms with Crippen LogP contribution in [0.15, 0.2) is 73.2 Å². The molecule has 1 saturated heterocycles. The van der Waals surface area contributed by atoms with Crippen LogP contribution in [0.5, 0.6) is 0 Å². The molecular formula is C26H29N7O. The molecule has 0 atom stereocenters. The van der Waals surface area contributed by atoms with Crippen molar-refractivity contribution in [1.29, 1.82) is 0 Å². The molecule has 5 rings (SSSR count). The first-order chi connectivity index (χ1) is 16.8. The van der Waals surface area contributed by atoms with E-state index >= 15 is 0 Å². The van der Waals surface area contributed by atoms with E-state index < -0.39 is 0 Å². The molecule has 1 fully saturated rings. The van der Waals surface area contributed by atoms with Gasteiger partial charge in [-0.3, -0.25) is 9.88 Å². The molecule has 1 aromatic carbocycles. The molecule has 34 heavy (non-hydrogen) atoms. The highest BCUT2D eigenvalue weighted by molar-refractivity contribution is 5.77. The first kappa shape index (κ1) is 22.0. The number of hydrogen-bond donors (Lipinski definition) is 1. The molecule has 1 aliphatic rings. The Morgan fingerprint density at radius 1 is 0.882 bits per heavy atom. The van der Waals surface area contributed by atoms with Gasteiger partial charge in [-0.05, 0) is 36.2 Å². The van der Waals surface area contributed by atoms with Crippen LogP contribution < -0.4 is 5.32 Å². The Bertz CT molecular complexity index is 1220. The molecule has 4 aromatic rings. The Hall–Kier alpha value is -3.78. The van der Waals surface area contributed by atoms with Crippen molar-refractivity contribution in [3.63, 3.8) is 0 Å². The molecule has 1 aliphatic heterocycles. The molecule has 2 amide bonds. The van der Waals surface area contributed by atoms with Crippen molar-refractivity contribution in [2.45, 2.75) is 13.0 Å². The summed E-state index contributed by atoms with van der Waals surface area (Å²) in [6.07, 6.45) is 6.23. The summed E-state index contributed by atoms with van der Waals surface area (Å²) >= 11 is 0. The maximum absolute atomic E-state index is 12.6. The van der Waals surface area contributed by atoms with Crippen LogP contribution in [0.4, 0.5) is 4.79 Å². The molecule has 4 heterocycles. The lowest BCUT2D eigenvalue weighted by Crippen LogP contribution is -2.52. The standard InChI is InChI=1S/C26H29N7O/c34-26(29-14-8-21-5-2-1-3-6-21)32-18-15-31(16-19-32)17-20-33-24(22-9-12-27-13-10-22)30-23-7-4-11-28-25(23)33/h1-7,9-13H,8,14-20H2,(H,29,34). The number of nitrogens with zero attached hydrogens (tertiary/aromatic N) is 6. The van der Waals surface area contributed by atoms with E-state index in [4.69, 9.17) is 4.98 Å². The van der Waals surface area contributed by atoms with Crippen LogP contribution in [0.25, 0.3) is 22.6 Å². The van der Waals surface area contributed by atoms with E-state index in [2.05, 4.69) is 36.9 Å². The van der Waals surface area contributed by atoms with Crippen molar-refractivity contribution >= 4 is 17.2 Å². The summed E-state index contributed by atoms with van der Waals surface area (Å²) < 4.78 is 2.19. The van der Waals surface area contributed by atoms with Crippen LogP contribution in [-0.2, 0) is 13.0 Å². The Labute approximate surface area is 199 Å². The van der Waals surface area contributed by atoms with Gasteiger partial charge in [-0.2, -0.15) is 0 Å². The number of fused-ring (bicyclic) bond motifs is 1. The minimum absolute atomic E-state index is 0.0281. The molecule has 0 unspecified atom stereocenters. The maximum Gasteiger partial charge on any atom is 0.317 e. The second-order valence-corrected chi connectivity index (χ2v) is 8.47. The molecular weight excluding hydrogens is 426 g/mol. The molecule has 1 N–H and O–H groups in total. The van der Waals surface area contributed by atoms with Gasteiger partial charge >= 0.3 is 6.03 Å². The first-order valence-electron chi connectivity index (χ1n) is 11.8. The van der Waals surface area contributed by atoms with Crippen molar-refractivity contribution < 1.29 is 4.79 Å². The van der Waals surface area contributed by atoms with E-state index in [9.17, 15) is 4.79 Å². The number of piperazine rings is 1. The SMILES string of the molecule is O=C(NCCc1ccccc1)N1CCN(CCn2c(-c3ccncc3)nc3cccnc32)CC1. The lowest BCUT2D eigenvalue weighted by molar-refractivity contribution is 0.137. The van der Waals surface area contributed by atoms with E-state index in [1.807, 2.05) is 53.6 Å². The number of rotatable bonds is 7. The smallest absolute Gasteiger partial charge is 0.317 e. The average Bonchev–Trinajstić information content (AvgIpc) is 3.27. The summed E-state index contributed by atoms with van der Waals surface area (Å²) in [6, 6.07) is 18.1. The number of pyridine rings is 2. The maximum atomic E-state index is 12.6. The fourth-order valence-corrected chi connectivity index (χ4v) is 4.38. The van der Waals surface area contributed by atoms with E-state index in [1.165, 1.54) is 5.56 Å². The van der Waals surface area contributed by atoms with Crippen LogP contribution in [0, 0.1) is 0 Å². The third-order valence-electron chi connectivity index (χ3n) is 6.27. The van der Waals surface area contributed by atoms with Gasteiger partial charge in [-0.25, -0.2) is 14.8 Å². The highest BCUT2D eigenvalue weighted by Gasteiger charge is 2.21. The number of benzene rings is 1.